The van der Waals surface area contributed by atoms with E-state index in [0.717, 1.165) is 19.3 Å². The molecule has 0 rings (SSSR count). The van der Waals surface area contributed by atoms with Gasteiger partial charge in [-0.2, -0.15) is 0 Å². The molecule has 1 unspecified atom stereocenters. The Hall–Kier alpha value is 0.610. The SMILES string of the molecule is CCCCCCCCCCCCC/C=C/C(CCCCCCCCCCCCC)COS(=O)(=O)[O-].[Na+]. The fourth-order valence-electron chi connectivity index (χ4n) is 4.69. The third-order valence-corrected chi connectivity index (χ3v) is 7.41. The molecule has 0 aliphatic rings. The summed E-state index contributed by atoms with van der Waals surface area (Å²) in [4.78, 5) is 0. The second-order valence-corrected chi connectivity index (χ2v) is 11.6. The van der Waals surface area contributed by atoms with Crippen molar-refractivity contribution in [2.24, 2.45) is 5.92 Å². The summed E-state index contributed by atoms with van der Waals surface area (Å²) in [5, 5.41) is 0. The van der Waals surface area contributed by atoms with Crippen molar-refractivity contribution in [1.82, 2.24) is 0 Å². The first-order chi connectivity index (χ1) is 17.0. The van der Waals surface area contributed by atoms with Crippen molar-refractivity contribution in [3.05, 3.63) is 12.2 Å². The molecule has 0 bridgehead atoms. The van der Waals surface area contributed by atoms with Gasteiger partial charge >= 0.3 is 29.6 Å². The van der Waals surface area contributed by atoms with E-state index in [-0.39, 0.29) is 42.1 Å². The van der Waals surface area contributed by atoms with E-state index < -0.39 is 10.4 Å². The van der Waals surface area contributed by atoms with Gasteiger partial charge in [0, 0.05) is 5.92 Å². The van der Waals surface area contributed by atoms with Gasteiger partial charge in [-0.05, 0) is 19.3 Å². The van der Waals surface area contributed by atoms with Gasteiger partial charge in [0.05, 0.1) is 6.61 Å². The summed E-state index contributed by atoms with van der Waals surface area (Å²) >= 11 is 0. The molecule has 1 atom stereocenters. The molecule has 4 nitrogen and oxygen atoms in total. The van der Waals surface area contributed by atoms with E-state index in [9.17, 15) is 13.0 Å². The molecule has 0 N–H and O–H groups in total. The standard InChI is InChI=1S/C30H60O4S.Na/c1-3-5-7-9-11-13-15-16-18-20-22-24-26-28-30(29-34-35(31,32)33)27-25-23-21-19-17-14-12-10-8-6-4-2;/h26,28,30H,3-25,27,29H2,1-2H3,(H,31,32,33);/q;+1/p-1/b28-26+;. The molecule has 0 fully saturated rings. The Morgan fingerprint density at radius 3 is 1.36 bits per heavy atom. The predicted octanol–water partition coefficient (Wildman–Crippen LogP) is 7.04. The van der Waals surface area contributed by atoms with Crippen LogP contribution in [0, 0.1) is 5.92 Å². The van der Waals surface area contributed by atoms with Crippen molar-refractivity contribution in [1.29, 1.82) is 0 Å². The van der Waals surface area contributed by atoms with E-state index in [1.54, 1.807) is 0 Å². The van der Waals surface area contributed by atoms with Crippen LogP contribution >= 0.6 is 0 Å². The molecule has 210 valence electrons. The molecule has 36 heavy (non-hydrogen) atoms. The molecule has 0 heterocycles. The second-order valence-electron chi connectivity index (χ2n) is 10.5. The van der Waals surface area contributed by atoms with Crippen molar-refractivity contribution >= 4 is 10.4 Å². The van der Waals surface area contributed by atoms with Gasteiger partial charge in [0.1, 0.15) is 0 Å². The average Bonchev–Trinajstić information content (AvgIpc) is 2.82. The smallest absolute Gasteiger partial charge is 0.726 e. The van der Waals surface area contributed by atoms with Crippen molar-refractivity contribution in [2.45, 2.75) is 168 Å². The van der Waals surface area contributed by atoms with E-state index in [1.165, 1.54) is 135 Å². The first-order valence-electron chi connectivity index (χ1n) is 15.3. The molecule has 0 saturated heterocycles. The molecule has 0 radical (unpaired) electrons. The maximum atomic E-state index is 10.9. The second kappa shape index (κ2) is 30.2. The molecule has 0 saturated carbocycles. The zero-order chi connectivity index (χ0) is 25.9. The number of allylic oxidation sites excluding steroid dienone is 1. The van der Waals surface area contributed by atoms with E-state index in [4.69, 9.17) is 0 Å². The van der Waals surface area contributed by atoms with Gasteiger partial charge < -0.3 is 4.55 Å². The third-order valence-electron chi connectivity index (χ3n) is 6.99. The molecule has 0 aliphatic carbocycles. The van der Waals surface area contributed by atoms with E-state index in [2.05, 4.69) is 30.2 Å². The Morgan fingerprint density at radius 2 is 0.972 bits per heavy atom. The first kappa shape index (κ1) is 38.8. The van der Waals surface area contributed by atoms with Gasteiger partial charge in [-0.1, -0.05) is 161 Å². The average molecular weight is 539 g/mol. The molecule has 0 aromatic heterocycles. The molecule has 0 aromatic rings. The van der Waals surface area contributed by atoms with Gasteiger partial charge in [0.25, 0.3) is 0 Å². The van der Waals surface area contributed by atoms with Gasteiger partial charge in [-0.15, -0.1) is 0 Å². The Balaban J connectivity index is 0. The van der Waals surface area contributed by atoms with Crippen LogP contribution in [0.1, 0.15) is 168 Å². The Labute approximate surface area is 248 Å². The van der Waals surface area contributed by atoms with E-state index in [1.807, 2.05) is 0 Å². The van der Waals surface area contributed by atoms with Gasteiger partial charge in [-0.25, -0.2) is 8.42 Å². The van der Waals surface area contributed by atoms with E-state index >= 15 is 0 Å². The Kier molecular flexibility index (Phi) is 32.5. The fraction of sp³-hybridized carbons (Fsp3) is 0.933. The van der Waals surface area contributed by atoms with Crippen LogP contribution in [0.4, 0.5) is 0 Å². The van der Waals surface area contributed by atoms with Gasteiger partial charge in [-0.3, -0.25) is 4.18 Å². The van der Waals surface area contributed by atoms with Crippen LogP contribution < -0.4 is 29.6 Å². The molecule has 0 amide bonds. The third kappa shape index (κ3) is 32.6. The summed E-state index contributed by atoms with van der Waals surface area (Å²) in [5.41, 5.74) is 0. The quantitative estimate of drug-likeness (QED) is 0.0352. The normalized spacial score (nSPS) is 12.8. The monoisotopic (exact) mass is 538 g/mol. The minimum atomic E-state index is -4.61. The number of hydrogen-bond donors (Lipinski definition) is 0. The molecule has 6 heteroatoms. The first-order valence-corrected chi connectivity index (χ1v) is 16.6. The van der Waals surface area contributed by atoms with Crippen LogP contribution in [0.2, 0.25) is 0 Å². The number of unbranched alkanes of at least 4 members (excludes halogenated alkanes) is 21. The van der Waals surface area contributed by atoms with Crippen LogP contribution in [0.25, 0.3) is 0 Å². The van der Waals surface area contributed by atoms with Crippen LogP contribution in [0.5, 0.6) is 0 Å². The zero-order valence-corrected chi connectivity index (χ0v) is 27.3. The molecule has 0 spiro atoms. The fourth-order valence-corrected chi connectivity index (χ4v) is 5.03. The van der Waals surface area contributed by atoms with Crippen LogP contribution in [-0.2, 0) is 14.6 Å². The maximum absolute atomic E-state index is 10.9. The van der Waals surface area contributed by atoms with Gasteiger partial charge in [0.2, 0.25) is 10.4 Å². The summed E-state index contributed by atoms with van der Waals surface area (Å²) in [6, 6.07) is 0. The van der Waals surface area contributed by atoms with Crippen molar-refractivity contribution in [3.8, 4) is 0 Å². The number of hydrogen-bond acceptors (Lipinski definition) is 4. The van der Waals surface area contributed by atoms with Crippen molar-refractivity contribution < 1.29 is 46.7 Å². The largest absolute Gasteiger partial charge is 1.00 e. The molecule has 0 aliphatic heterocycles. The summed E-state index contributed by atoms with van der Waals surface area (Å²) in [5.74, 6) is 0.0185. The number of rotatable bonds is 28. The predicted molar refractivity (Wildman–Crippen MR) is 150 cm³/mol. The summed E-state index contributed by atoms with van der Waals surface area (Å²) in [7, 11) is -4.61. The topological polar surface area (TPSA) is 66.4 Å². The maximum Gasteiger partial charge on any atom is 1.00 e. The Morgan fingerprint density at radius 1 is 0.611 bits per heavy atom. The van der Waals surface area contributed by atoms with Gasteiger partial charge in [0.15, 0.2) is 0 Å². The summed E-state index contributed by atoms with van der Waals surface area (Å²) < 4.78 is 37.2. The van der Waals surface area contributed by atoms with E-state index in [0.29, 0.717) is 0 Å². The molecular weight excluding hydrogens is 479 g/mol. The zero-order valence-electron chi connectivity index (χ0n) is 24.5. The Bertz CT molecular complexity index is 551. The summed E-state index contributed by atoms with van der Waals surface area (Å²) in [6.45, 7) is 4.50. The van der Waals surface area contributed by atoms with Crippen molar-refractivity contribution in [2.75, 3.05) is 6.61 Å². The minimum Gasteiger partial charge on any atom is -0.726 e. The molecular formula is C30H59NaO4S. The minimum absolute atomic E-state index is 0. The summed E-state index contributed by atoms with van der Waals surface area (Å²) in [6.07, 6.45) is 35.1. The molecule has 0 aromatic carbocycles. The van der Waals surface area contributed by atoms with Crippen LogP contribution in [-0.4, -0.2) is 19.6 Å². The van der Waals surface area contributed by atoms with Crippen molar-refractivity contribution in [3.63, 3.8) is 0 Å². The van der Waals surface area contributed by atoms with Crippen LogP contribution in [0.3, 0.4) is 0 Å². The van der Waals surface area contributed by atoms with Crippen LogP contribution in [0.15, 0.2) is 12.2 Å².